The molecule has 1 saturated heterocycles. The van der Waals surface area contributed by atoms with Gasteiger partial charge in [-0.1, -0.05) is 5.11 Å². The summed E-state index contributed by atoms with van der Waals surface area (Å²) >= 11 is 0. The summed E-state index contributed by atoms with van der Waals surface area (Å²) in [6, 6.07) is 0. The van der Waals surface area contributed by atoms with Gasteiger partial charge in [0.25, 0.3) is 0 Å². The first-order valence-electron chi connectivity index (χ1n) is 5.71. The number of hydrogen-bond acceptors (Lipinski definition) is 3. The molecule has 0 aliphatic carbocycles. The van der Waals surface area contributed by atoms with Crippen LogP contribution < -0.4 is 5.32 Å². The number of ether oxygens (including phenoxy) is 1. The Hall–Kier alpha value is -1.26. The third-order valence-corrected chi connectivity index (χ3v) is 2.58. The van der Waals surface area contributed by atoms with E-state index in [9.17, 15) is 4.79 Å². The van der Waals surface area contributed by atoms with Crippen LogP contribution in [0.3, 0.4) is 0 Å². The molecule has 6 heteroatoms. The highest BCUT2D eigenvalue weighted by molar-refractivity contribution is 5.78. The lowest BCUT2D eigenvalue weighted by atomic mass is 10.0. The van der Waals surface area contributed by atoms with E-state index in [2.05, 4.69) is 15.3 Å². The molecule has 0 aromatic heterocycles. The Morgan fingerprint density at radius 2 is 2.44 bits per heavy atom. The maximum absolute atomic E-state index is 11.6. The lowest BCUT2D eigenvalue weighted by Gasteiger charge is -2.21. The summed E-state index contributed by atoms with van der Waals surface area (Å²) in [4.78, 5) is 14.3. The van der Waals surface area contributed by atoms with Crippen LogP contribution in [0.2, 0.25) is 0 Å². The number of carbonyl (C=O) groups excluding carboxylic acids is 1. The zero-order valence-electron chi connectivity index (χ0n) is 9.39. The van der Waals surface area contributed by atoms with Crippen LogP contribution in [0.5, 0.6) is 0 Å². The van der Waals surface area contributed by atoms with Gasteiger partial charge in [0.05, 0.1) is 12.5 Å². The van der Waals surface area contributed by atoms with E-state index in [1.807, 2.05) is 0 Å². The molecule has 0 spiro atoms. The molecule has 1 N–H and O–H groups in total. The average Bonchev–Trinajstić information content (AvgIpc) is 2.34. The van der Waals surface area contributed by atoms with Gasteiger partial charge in [0.15, 0.2) is 0 Å². The normalized spacial score (nSPS) is 19.9. The molecule has 6 nitrogen and oxygen atoms in total. The van der Waals surface area contributed by atoms with Crippen molar-refractivity contribution in [3.63, 3.8) is 0 Å². The van der Waals surface area contributed by atoms with E-state index >= 15 is 0 Å². The van der Waals surface area contributed by atoms with Crippen LogP contribution in [0.1, 0.15) is 25.7 Å². The first-order chi connectivity index (χ1) is 7.84. The van der Waals surface area contributed by atoms with Crippen molar-refractivity contribution in [2.24, 2.45) is 11.0 Å². The van der Waals surface area contributed by atoms with Gasteiger partial charge in [0, 0.05) is 24.6 Å². The van der Waals surface area contributed by atoms with Gasteiger partial charge in [0.1, 0.15) is 0 Å². The number of hydrogen-bond donors (Lipinski definition) is 1. The quantitative estimate of drug-likeness (QED) is 0.323. The Kier molecular flexibility index (Phi) is 6.37. The van der Waals surface area contributed by atoms with Crippen molar-refractivity contribution in [1.82, 2.24) is 5.32 Å². The van der Waals surface area contributed by atoms with E-state index < -0.39 is 0 Å². The minimum absolute atomic E-state index is 0.0193. The standard InChI is InChI=1S/C10H18N4O2/c11-14-13-6-2-1-5-12-10(15)9-4-3-7-16-8-9/h9H,1-8H2,(H,12,15). The minimum Gasteiger partial charge on any atom is -0.381 e. The van der Waals surface area contributed by atoms with E-state index in [0.29, 0.717) is 19.7 Å². The van der Waals surface area contributed by atoms with Crippen LogP contribution in [0.25, 0.3) is 10.4 Å². The summed E-state index contributed by atoms with van der Waals surface area (Å²) in [5.74, 6) is 0.106. The van der Waals surface area contributed by atoms with Crippen LogP contribution in [-0.2, 0) is 9.53 Å². The summed E-state index contributed by atoms with van der Waals surface area (Å²) in [6.07, 6.45) is 3.55. The van der Waals surface area contributed by atoms with Crippen LogP contribution in [-0.4, -0.2) is 32.2 Å². The topological polar surface area (TPSA) is 87.1 Å². The minimum atomic E-state index is 0.0193. The third-order valence-electron chi connectivity index (χ3n) is 2.58. The van der Waals surface area contributed by atoms with Gasteiger partial charge >= 0.3 is 0 Å². The summed E-state index contributed by atoms with van der Waals surface area (Å²) < 4.78 is 5.25. The van der Waals surface area contributed by atoms with Crippen LogP contribution in [0, 0.1) is 5.92 Å². The van der Waals surface area contributed by atoms with E-state index in [1.54, 1.807) is 0 Å². The number of unbranched alkanes of at least 4 members (excludes halogenated alkanes) is 1. The fourth-order valence-electron chi connectivity index (χ4n) is 1.66. The first-order valence-corrected chi connectivity index (χ1v) is 5.71. The van der Waals surface area contributed by atoms with Crippen molar-refractivity contribution in [3.8, 4) is 0 Å². The molecule has 0 aromatic carbocycles. The van der Waals surface area contributed by atoms with Crippen LogP contribution >= 0.6 is 0 Å². The highest BCUT2D eigenvalue weighted by Gasteiger charge is 2.20. The summed E-state index contributed by atoms with van der Waals surface area (Å²) in [5.41, 5.74) is 8.06. The van der Waals surface area contributed by atoms with E-state index in [4.69, 9.17) is 10.3 Å². The lowest BCUT2D eigenvalue weighted by molar-refractivity contribution is -0.128. The van der Waals surface area contributed by atoms with Gasteiger partial charge in [-0.3, -0.25) is 4.79 Å². The Labute approximate surface area is 95.0 Å². The molecule has 1 heterocycles. The Morgan fingerprint density at radius 3 is 3.12 bits per heavy atom. The molecule has 16 heavy (non-hydrogen) atoms. The van der Waals surface area contributed by atoms with Gasteiger partial charge in [-0.2, -0.15) is 0 Å². The van der Waals surface area contributed by atoms with Gasteiger partial charge in [-0.25, -0.2) is 0 Å². The smallest absolute Gasteiger partial charge is 0.225 e. The molecular formula is C10H18N4O2. The van der Waals surface area contributed by atoms with Crippen LogP contribution in [0.4, 0.5) is 0 Å². The highest BCUT2D eigenvalue weighted by atomic mass is 16.5. The Balaban J connectivity index is 2.03. The highest BCUT2D eigenvalue weighted by Crippen LogP contribution is 2.13. The number of nitrogens with one attached hydrogen (secondary N) is 1. The fraction of sp³-hybridized carbons (Fsp3) is 0.900. The van der Waals surface area contributed by atoms with Gasteiger partial charge in [-0.05, 0) is 31.2 Å². The first kappa shape index (κ1) is 12.8. The van der Waals surface area contributed by atoms with Crippen molar-refractivity contribution in [2.75, 3.05) is 26.3 Å². The second-order valence-corrected chi connectivity index (χ2v) is 3.87. The average molecular weight is 226 g/mol. The molecular weight excluding hydrogens is 208 g/mol. The number of nitrogens with zero attached hydrogens (tertiary/aromatic N) is 3. The molecule has 1 unspecified atom stereocenters. The van der Waals surface area contributed by atoms with Gasteiger partial charge in [-0.15, -0.1) is 0 Å². The van der Waals surface area contributed by atoms with Gasteiger partial charge < -0.3 is 10.1 Å². The summed E-state index contributed by atoms with van der Waals surface area (Å²) in [7, 11) is 0. The SMILES string of the molecule is [N-]=[N+]=NCCCCNC(=O)C1CCCOC1. The van der Waals surface area contributed by atoms with Crippen molar-refractivity contribution < 1.29 is 9.53 Å². The monoisotopic (exact) mass is 226 g/mol. The molecule has 1 aliphatic heterocycles. The number of rotatable bonds is 6. The molecule has 1 amide bonds. The van der Waals surface area contributed by atoms with Crippen molar-refractivity contribution in [3.05, 3.63) is 10.4 Å². The molecule has 0 radical (unpaired) electrons. The predicted molar refractivity (Wildman–Crippen MR) is 59.8 cm³/mol. The predicted octanol–water partition coefficient (Wildman–Crippen LogP) is 1.62. The zero-order valence-corrected chi connectivity index (χ0v) is 9.39. The maximum atomic E-state index is 11.6. The van der Waals surface area contributed by atoms with Crippen molar-refractivity contribution in [1.29, 1.82) is 0 Å². The van der Waals surface area contributed by atoms with Crippen molar-refractivity contribution in [2.45, 2.75) is 25.7 Å². The molecule has 1 fully saturated rings. The molecule has 0 bridgehead atoms. The van der Waals surface area contributed by atoms with Gasteiger partial charge in [0.2, 0.25) is 5.91 Å². The van der Waals surface area contributed by atoms with E-state index in [0.717, 1.165) is 32.3 Å². The van der Waals surface area contributed by atoms with E-state index in [-0.39, 0.29) is 11.8 Å². The lowest BCUT2D eigenvalue weighted by Crippen LogP contribution is -2.36. The summed E-state index contributed by atoms with van der Waals surface area (Å²) in [5, 5.41) is 6.30. The molecule has 1 atom stereocenters. The number of carbonyl (C=O) groups is 1. The second-order valence-electron chi connectivity index (χ2n) is 3.87. The maximum Gasteiger partial charge on any atom is 0.225 e. The summed E-state index contributed by atoms with van der Waals surface area (Å²) in [6.45, 7) is 2.47. The number of amides is 1. The molecule has 90 valence electrons. The molecule has 1 aliphatic rings. The Morgan fingerprint density at radius 1 is 1.56 bits per heavy atom. The second kappa shape index (κ2) is 7.96. The van der Waals surface area contributed by atoms with Crippen molar-refractivity contribution >= 4 is 5.91 Å². The van der Waals surface area contributed by atoms with E-state index in [1.165, 1.54) is 0 Å². The third kappa shape index (κ3) is 5.00. The largest absolute Gasteiger partial charge is 0.381 e. The Bertz CT molecular complexity index is 258. The van der Waals surface area contributed by atoms with Crippen LogP contribution in [0.15, 0.2) is 5.11 Å². The molecule has 0 saturated carbocycles. The number of azide groups is 1. The molecule has 0 aromatic rings. The zero-order chi connectivity index (χ0) is 11.6. The molecule has 1 rings (SSSR count). The fourth-order valence-corrected chi connectivity index (χ4v) is 1.66.